The number of hydrogen-bond acceptors (Lipinski definition) is 4. The second-order valence-corrected chi connectivity index (χ2v) is 4.70. The predicted octanol–water partition coefficient (Wildman–Crippen LogP) is 4.34. The zero-order chi connectivity index (χ0) is 16.9. The van der Waals surface area contributed by atoms with Gasteiger partial charge in [-0.25, -0.2) is 4.98 Å². The number of pyridine rings is 1. The third-order valence-corrected chi connectivity index (χ3v) is 3.01. The van der Waals surface area contributed by atoms with Crippen molar-refractivity contribution in [3.05, 3.63) is 53.7 Å². The van der Waals surface area contributed by atoms with E-state index in [0.717, 1.165) is 23.6 Å². The normalized spacial score (nSPS) is 12.1. The summed E-state index contributed by atoms with van der Waals surface area (Å²) in [5.74, 6) is 1.00. The minimum Gasteiger partial charge on any atom is -0.494 e. The molecule has 23 heavy (non-hydrogen) atoms. The van der Waals surface area contributed by atoms with E-state index in [9.17, 15) is 13.2 Å². The van der Waals surface area contributed by atoms with Crippen LogP contribution in [0.3, 0.4) is 0 Å². The quantitative estimate of drug-likeness (QED) is 0.658. The van der Waals surface area contributed by atoms with Crippen LogP contribution in [-0.4, -0.2) is 17.3 Å². The van der Waals surface area contributed by atoms with Crippen molar-refractivity contribution in [1.82, 2.24) is 4.98 Å². The number of nitrogens with zero attached hydrogens (tertiary/aromatic N) is 2. The van der Waals surface area contributed by atoms with Crippen molar-refractivity contribution in [1.29, 1.82) is 0 Å². The molecule has 122 valence electrons. The molecule has 1 aromatic carbocycles. The van der Waals surface area contributed by atoms with Crippen molar-refractivity contribution < 1.29 is 17.9 Å². The van der Waals surface area contributed by atoms with Gasteiger partial charge in [0.05, 0.1) is 17.9 Å². The number of rotatable bonds is 5. The van der Waals surface area contributed by atoms with Crippen molar-refractivity contribution in [3.8, 4) is 5.75 Å². The minimum absolute atomic E-state index is 0.239. The second kappa shape index (κ2) is 7.13. The first-order valence-corrected chi connectivity index (χ1v) is 6.97. The van der Waals surface area contributed by atoms with E-state index in [1.165, 1.54) is 6.07 Å². The highest BCUT2D eigenvalue weighted by Crippen LogP contribution is 2.28. The summed E-state index contributed by atoms with van der Waals surface area (Å²) in [4.78, 5) is 3.69. The molecule has 0 amide bonds. The third-order valence-electron chi connectivity index (χ3n) is 3.01. The zero-order valence-corrected chi connectivity index (χ0v) is 12.7. The first kappa shape index (κ1) is 16.8. The maximum absolute atomic E-state index is 12.4. The number of hydrogen-bond donors (Lipinski definition) is 1. The smallest absolute Gasteiger partial charge is 0.417 e. The summed E-state index contributed by atoms with van der Waals surface area (Å²) in [6, 6.07) is 9.55. The van der Waals surface area contributed by atoms with Gasteiger partial charge < -0.3 is 4.74 Å². The molecule has 2 rings (SSSR count). The van der Waals surface area contributed by atoms with Crippen LogP contribution in [0.4, 0.5) is 19.0 Å². The van der Waals surface area contributed by atoms with Crippen LogP contribution in [0.5, 0.6) is 5.75 Å². The Morgan fingerprint density at radius 1 is 1.17 bits per heavy atom. The van der Waals surface area contributed by atoms with Crippen LogP contribution in [0.25, 0.3) is 0 Å². The molecule has 0 aliphatic heterocycles. The van der Waals surface area contributed by atoms with Gasteiger partial charge in [0, 0.05) is 6.20 Å². The maximum atomic E-state index is 12.4. The number of benzene rings is 1. The summed E-state index contributed by atoms with van der Waals surface area (Å²) in [6.45, 7) is 4.28. The first-order chi connectivity index (χ1) is 10.9. The molecule has 1 heterocycles. The molecule has 0 atom stereocenters. The van der Waals surface area contributed by atoms with Gasteiger partial charge in [-0.3, -0.25) is 5.43 Å². The number of alkyl halides is 3. The molecule has 0 aliphatic rings. The lowest BCUT2D eigenvalue weighted by Gasteiger charge is -2.07. The van der Waals surface area contributed by atoms with Crippen LogP contribution < -0.4 is 10.2 Å². The molecule has 0 radical (unpaired) electrons. The van der Waals surface area contributed by atoms with Gasteiger partial charge in [-0.15, -0.1) is 0 Å². The second-order valence-electron chi connectivity index (χ2n) is 4.70. The summed E-state index contributed by atoms with van der Waals surface area (Å²) in [7, 11) is 0. The van der Waals surface area contributed by atoms with E-state index in [2.05, 4.69) is 15.5 Å². The maximum Gasteiger partial charge on any atom is 0.417 e. The summed E-state index contributed by atoms with van der Waals surface area (Å²) in [6.07, 6.45) is -3.63. The van der Waals surface area contributed by atoms with E-state index in [0.29, 0.717) is 12.3 Å². The van der Waals surface area contributed by atoms with E-state index < -0.39 is 11.7 Å². The van der Waals surface area contributed by atoms with Crippen LogP contribution in [0.15, 0.2) is 47.7 Å². The Balaban J connectivity index is 2.04. The van der Waals surface area contributed by atoms with Crippen molar-refractivity contribution in [3.63, 3.8) is 0 Å². The Bertz CT molecular complexity index is 664. The van der Waals surface area contributed by atoms with Gasteiger partial charge >= 0.3 is 6.18 Å². The van der Waals surface area contributed by atoms with Gasteiger partial charge in [0.1, 0.15) is 11.6 Å². The topological polar surface area (TPSA) is 46.5 Å². The lowest BCUT2D eigenvalue weighted by Crippen LogP contribution is -2.06. The van der Waals surface area contributed by atoms with Crippen molar-refractivity contribution >= 4 is 11.5 Å². The first-order valence-electron chi connectivity index (χ1n) is 6.97. The van der Waals surface area contributed by atoms with Crippen molar-refractivity contribution in [2.24, 2.45) is 5.10 Å². The van der Waals surface area contributed by atoms with Crippen LogP contribution >= 0.6 is 0 Å². The monoisotopic (exact) mass is 323 g/mol. The summed E-state index contributed by atoms with van der Waals surface area (Å²) >= 11 is 0. The van der Waals surface area contributed by atoms with Gasteiger partial charge in [-0.2, -0.15) is 18.3 Å². The lowest BCUT2D eigenvalue weighted by atomic mass is 10.1. The average Bonchev–Trinajstić information content (AvgIpc) is 2.53. The molecule has 7 heteroatoms. The van der Waals surface area contributed by atoms with Crippen molar-refractivity contribution in [2.45, 2.75) is 20.0 Å². The molecule has 0 bridgehead atoms. The zero-order valence-electron chi connectivity index (χ0n) is 12.7. The average molecular weight is 323 g/mol. The lowest BCUT2D eigenvalue weighted by molar-refractivity contribution is -0.137. The van der Waals surface area contributed by atoms with E-state index >= 15 is 0 Å². The molecule has 0 saturated carbocycles. The molecule has 2 aromatic rings. The summed E-state index contributed by atoms with van der Waals surface area (Å²) in [5.41, 5.74) is 3.39. The Labute approximate surface area is 132 Å². The number of nitrogens with one attached hydrogen (secondary N) is 1. The van der Waals surface area contributed by atoms with Crippen LogP contribution in [0, 0.1) is 0 Å². The van der Waals surface area contributed by atoms with E-state index in [1.807, 2.05) is 31.2 Å². The fraction of sp³-hybridized carbons (Fsp3) is 0.250. The van der Waals surface area contributed by atoms with Gasteiger partial charge in [0.25, 0.3) is 0 Å². The van der Waals surface area contributed by atoms with Crippen LogP contribution in [0.2, 0.25) is 0 Å². The molecular weight excluding hydrogens is 307 g/mol. The van der Waals surface area contributed by atoms with E-state index in [-0.39, 0.29) is 5.82 Å². The number of halogens is 3. The highest BCUT2D eigenvalue weighted by atomic mass is 19.4. The van der Waals surface area contributed by atoms with Gasteiger partial charge in [0.2, 0.25) is 0 Å². The van der Waals surface area contributed by atoms with Gasteiger partial charge in [-0.05, 0) is 55.8 Å². The summed E-state index contributed by atoms with van der Waals surface area (Å²) in [5, 5.41) is 4.11. The molecule has 4 nitrogen and oxygen atoms in total. The minimum atomic E-state index is -4.40. The molecule has 1 N–H and O–H groups in total. The molecule has 0 unspecified atom stereocenters. The number of anilines is 1. The fourth-order valence-electron chi connectivity index (χ4n) is 1.79. The molecule has 0 saturated heterocycles. The van der Waals surface area contributed by atoms with Gasteiger partial charge in [-0.1, -0.05) is 0 Å². The fourth-order valence-corrected chi connectivity index (χ4v) is 1.79. The van der Waals surface area contributed by atoms with Crippen molar-refractivity contribution in [2.75, 3.05) is 12.0 Å². The van der Waals surface area contributed by atoms with Gasteiger partial charge in [0.15, 0.2) is 0 Å². The number of ether oxygens (including phenoxy) is 1. The summed E-state index contributed by atoms with van der Waals surface area (Å²) < 4.78 is 42.7. The standard InChI is InChI=1S/C16H16F3N3O/c1-3-23-14-7-4-12(5-8-14)11(2)21-22-15-9-6-13(10-20-15)16(17,18)19/h4-10H,3H2,1-2H3,(H,20,22)/b21-11+. The van der Waals surface area contributed by atoms with E-state index in [1.54, 1.807) is 6.92 Å². The third kappa shape index (κ3) is 4.70. The number of aromatic nitrogens is 1. The van der Waals surface area contributed by atoms with Crippen LogP contribution in [-0.2, 0) is 6.18 Å². The Morgan fingerprint density at radius 3 is 2.39 bits per heavy atom. The van der Waals surface area contributed by atoms with E-state index in [4.69, 9.17) is 4.74 Å². The molecule has 0 fully saturated rings. The Hall–Kier alpha value is -2.57. The Kier molecular flexibility index (Phi) is 5.20. The molecule has 1 aromatic heterocycles. The van der Waals surface area contributed by atoms with Crippen LogP contribution in [0.1, 0.15) is 25.0 Å². The molecular formula is C16H16F3N3O. The largest absolute Gasteiger partial charge is 0.494 e. The molecule has 0 aliphatic carbocycles. The predicted molar refractivity (Wildman–Crippen MR) is 82.7 cm³/mol. The Morgan fingerprint density at radius 2 is 1.87 bits per heavy atom. The number of hydrazone groups is 1. The highest BCUT2D eigenvalue weighted by Gasteiger charge is 2.30. The SMILES string of the molecule is CCOc1ccc(/C(C)=N/Nc2ccc(C(F)(F)F)cn2)cc1. The highest BCUT2D eigenvalue weighted by molar-refractivity contribution is 5.99. The molecule has 0 spiro atoms.